The monoisotopic (exact) mass is 276 g/mol. The summed E-state index contributed by atoms with van der Waals surface area (Å²) < 4.78 is 22.3. The van der Waals surface area contributed by atoms with Crippen molar-refractivity contribution in [3.63, 3.8) is 0 Å². The first-order valence-electron chi connectivity index (χ1n) is 6.42. The van der Waals surface area contributed by atoms with Crippen LogP contribution < -0.4 is 0 Å². The average Bonchev–Trinajstić information content (AvgIpc) is 2.13. The zero-order valence-corrected chi connectivity index (χ0v) is 13.4. The maximum absolute atomic E-state index is 11.1. The molecule has 6 heteroatoms. The minimum absolute atomic E-state index is 0.0234. The number of rotatable bonds is 10. The van der Waals surface area contributed by atoms with Crippen LogP contribution in [0.5, 0.6) is 0 Å². The topological polar surface area (TPSA) is 54.0 Å². The second-order valence-electron chi connectivity index (χ2n) is 4.59. The maximum Gasteiger partial charge on any atom is 0.907 e. The van der Waals surface area contributed by atoms with Crippen LogP contribution >= 0.6 is 0 Å². The van der Waals surface area contributed by atoms with Gasteiger partial charge < -0.3 is 16.1 Å². The zero-order valence-electron chi connectivity index (χ0n) is 12.3. The lowest BCUT2D eigenvalue weighted by atomic mass is 10.3. The second-order valence-corrected chi connectivity index (χ2v) is 5.98. The molecule has 18 heavy (non-hydrogen) atoms. The molecule has 0 aliphatic carbocycles. The Morgan fingerprint density at radius 1 is 1.06 bits per heavy atom. The number of carbonyl (C=O) groups excluding carboxylic acids is 1. The minimum Gasteiger partial charge on any atom is -0.452 e. The lowest BCUT2D eigenvalue weighted by Gasteiger charge is -2.23. The molecular weight excluding hydrogens is 251 g/mol. The molecule has 0 aliphatic rings. The molecule has 0 aliphatic heterocycles. The molecule has 0 radical (unpaired) electrons. The zero-order chi connectivity index (χ0) is 14.1. The van der Waals surface area contributed by atoms with Crippen molar-refractivity contribution in [3.05, 3.63) is 0 Å². The normalized spacial score (nSPS) is 13.1. The van der Waals surface area contributed by atoms with E-state index >= 15 is 0 Å². The highest BCUT2D eigenvalue weighted by atomic mass is 27.3. The van der Waals surface area contributed by atoms with E-state index in [1.54, 1.807) is 0 Å². The molecule has 106 valence electrons. The first-order valence-corrected chi connectivity index (χ1v) is 7.84. The van der Waals surface area contributed by atoms with Gasteiger partial charge in [-0.05, 0) is 41.5 Å². The van der Waals surface area contributed by atoms with E-state index in [9.17, 15) is 4.79 Å². The second kappa shape index (κ2) is 9.91. The van der Waals surface area contributed by atoms with Crippen LogP contribution in [0.4, 0.5) is 0 Å². The van der Waals surface area contributed by atoms with Crippen LogP contribution in [0.1, 0.15) is 48.0 Å². The molecule has 5 nitrogen and oxygen atoms in total. The quantitative estimate of drug-likeness (QED) is 0.452. The van der Waals surface area contributed by atoms with Crippen molar-refractivity contribution in [1.82, 2.24) is 0 Å². The molecule has 0 saturated carbocycles. The van der Waals surface area contributed by atoms with E-state index in [-0.39, 0.29) is 24.4 Å². The Morgan fingerprint density at radius 2 is 1.56 bits per heavy atom. The molecule has 0 heterocycles. The van der Waals surface area contributed by atoms with Crippen LogP contribution in [0.2, 0.25) is 0 Å². The van der Waals surface area contributed by atoms with E-state index in [1.165, 1.54) is 6.92 Å². The van der Waals surface area contributed by atoms with Gasteiger partial charge in [0.2, 0.25) is 0 Å². The fourth-order valence-corrected chi connectivity index (χ4v) is 2.74. The van der Waals surface area contributed by atoms with Gasteiger partial charge in [0.15, 0.2) is 0 Å². The predicted molar refractivity (Wildman–Crippen MR) is 70.0 cm³/mol. The number of hydrogen-bond acceptors (Lipinski definition) is 5. The molecule has 0 N–H and O–H groups in total. The Kier molecular flexibility index (Phi) is 9.93. The summed E-state index contributed by atoms with van der Waals surface area (Å²) in [4.78, 5) is 11.1. The van der Waals surface area contributed by atoms with Gasteiger partial charge in [-0.2, -0.15) is 0 Å². The summed E-state index contributed by atoms with van der Waals surface area (Å²) in [6, 6.07) is 0. The van der Waals surface area contributed by atoms with Gasteiger partial charge in [0.05, 0.1) is 6.42 Å². The molecule has 0 aromatic rings. The maximum atomic E-state index is 11.1. The number of hydrogen-bond donors (Lipinski definition) is 0. The van der Waals surface area contributed by atoms with Crippen molar-refractivity contribution in [3.8, 4) is 0 Å². The van der Waals surface area contributed by atoms with Gasteiger partial charge >= 0.3 is 15.1 Å². The summed E-state index contributed by atoms with van der Waals surface area (Å²) >= 11 is -2.28. The number of ether oxygens (including phenoxy) is 1. The van der Waals surface area contributed by atoms with Gasteiger partial charge in [-0.3, -0.25) is 4.79 Å². The van der Waals surface area contributed by atoms with Crippen molar-refractivity contribution in [2.24, 2.45) is 0 Å². The van der Waals surface area contributed by atoms with E-state index < -0.39 is 21.4 Å². The van der Waals surface area contributed by atoms with Crippen molar-refractivity contribution in [2.75, 3.05) is 6.61 Å². The van der Waals surface area contributed by atoms with E-state index in [1.807, 2.05) is 34.6 Å². The third-order valence-electron chi connectivity index (χ3n) is 1.84. The fourth-order valence-electron chi connectivity index (χ4n) is 1.23. The molecule has 1 atom stereocenters. The van der Waals surface area contributed by atoms with Crippen LogP contribution in [0.3, 0.4) is 0 Å². The Hall–Kier alpha value is 0.0425. The van der Waals surface area contributed by atoms with Gasteiger partial charge in [-0.1, -0.05) is 0 Å². The van der Waals surface area contributed by atoms with E-state index in [0.717, 1.165) is 0 Å². The summed E-state index contributed by atoms with van der Waals surface area (Å²) in [6.07, 6.45) is -0.290. The van der Waals surface area contributed by atoms with Crippen molar-refractivity contribution < 1.29 is 20.9 Å². The Bertz CT molecular complexity index is 223. The molecule has 0 bridgehead atoms. The van der Waals surface area contributed by atoms with Gasteiger partial charge in [0, 0.05) is 18.8 Å². The van der Waals surface area contributed by atoms with Gasteiger partial charge in [-0.25, -0.2) is 0 Å². The van der Waals surface area contributed by atoms with Crippen LogP contribution in [0.25, 0.3) is 0 Å². The molecule has 0 saturated heterocycles. The van der Waals surface area contributed by atoms with E-state index in [2.05, 4.69) is 0 Å². The van der Waals surface area contributed by atoms with Crippen LogP contribution in [-0.4, -0.2) is 46.0 Å². The SMILES string of the molecule is CCOC(CC(C)=O)[O][Al]([O]C(C)C)[O]C(C)C. The third-order valence-corrected chi connectivity index (χ3v) is 3.90. The summed E-state index contributed by atoms with van der Waals surface area (Å²) in [5.41, 5.74) is 0. The van der Waals surface area contributed by atoms with Crippen LogP contribution in [0.15, 0.2) is 0 Å². The molecule has 0 fully saturated rings. The Morgan fingerprint density at radius 3 is 1.89 bits per heavy atom. The number of ketones is 1. The van der Waals surface area contributed by atoms with Crippen LogP contribution in [0, 0.1) is 0 Å². The largest absolute Gasteiger partial charge is 0.907 e. The number of carbonyl (C=O) groups is 1. The lowest BCUT2D eigenvalue weighted by Crippen LogP contribution is -2.38. The third kappa shape index (κ3) is 10.0. The van der Waals surface area contributed by atoms with E-state index in [0.29, 0.717) is 6.61 Å². The smallest absolute Gasteiger partial charge is 0.452 e. The highest BCUT2D eigenvalue weighted by Crippen LogP contribution is 2.09. The summed E-state index contributed by atoms with van der Waals surface area (Å²) in [5.74, 6) is 0.0234. The van der Waals surface area contributed by atoms with Crippen molar-refractivity contribution in [1.29, 1.82) is 0 Å². The van der Waals surface area contributed by atoms with Gasteiger partial charge in [-0.15, -0.1) is 0 Å². The van der Waals surface area contributed by atoms with Crippen LogP contribution in [-0.2, 0) is 20.9 Å². The summed E-state index contributed by atoms with van der Waals surface area (Å²) in [5, 5.41) is 0. The minimum atomic E-state index is -2.28. The first kappa shape index (κ1) is 18.0. The standard InChI is InChI=1S/C6H11O3.2C3H7O.Al/c1-3-9-6(8)4-5(2)7;2*1-3(2)4;/h6H,3-4H2,1-2H3;2*3H,1-2H3;/q3*-1;+3. The highest BCUT2D eigenvalue weighted by Gasteiger charge is 2.37. The van der Waals surface area contributed by atoms with Crippen molar-refractivity contribution in [2.45, 2.75) is 66.5 Å². The van der Waals surface area contributed by atoms with Gasteiger partial charge in [0.1, 0.15) is 12.1 Å². The van der Waals surface area contributed by atoms with Gasteiger partial charge in [0.25, 0.3) is 0 Å². The fraction of sp³-hybridized carbons (Fsp3) is 0.917. The van der Waals surface area contributed by atoms with E-state index in [4.69, 9.17) is 16.1 Å². The molecule has 0 amide bonds. The summed E-state index contributed by atoms with van der Waals surface area (Å²) in [6.45, 7) is 11.6. The molecule has 0 rings (SSSR count). The van der Waals surface area contributed by atoms with Crippen molar-refractivity contribution >= 4 is 20.9 Å². The summed E-state index contributed by atoms with van der Waals surface area (Å²) in [7, 11) is 0. The predicted octanol–water partition coefficient (Wildman–Crippen LogP) is 2.18. The molecular formula is C12H25AlO5. The molecule has 0 aromatic carbocycles. The Labute approximate surface area is 115 Å². The first-order chi connectivity index (χ1) is 8.35. The molecule has 0 aromatic heterocycles. The molecule has 1 unspecified atom stereocenters. The lowest BCUT2D eigenvalue weighted by molar-refractivity contribution is -0.137. The average molecular weight is 276 g/mol. The molecule has 0 spiro atoms. The Balaban J connectivity index is 4.41. The highest BCUT2D eigenvalue weighted by molar-refractivity contribution is 6.36. The number of Topliss-reactive ketones (excluding diaryl/α,β-unsaturated/α-hetero) is 1.